The third-order valence-electron chi connectivity index (χ3n) is 4.71. The zero-order chi connectivity index (χ0) is 16.5. The highest BCUT2D eigenvalue weighted by molar-refractivity contribution is 5.47. The smallest absolute Gasteiger partial charge is 0.133 e. The molecule has 0 spiro atoms. The fraction of sp³-hybridized carbons (Fsp3) is 0.588. The topological polar surface area (TPSA) is 62.1 Å². The van der Waals surface area contributed by atoms with Gasteiger partial charge in [0.2, 0.25) is 0 Å². The van der Waals surface area contributed by atoms with Crippen LogP contribution in [0.4, 0.5) is 11.6 Å². The Balaban J connectivity index is 1.37. The van der Waals surface area contributed by atoms with Crippen LogP contribution in [0.1, 0.15) is 24.4 Å². The highest BCUT2D eigenvalue weighted by Gasteiger charge is 2.26. The molecule has 3 heterocycles. The van der Waals surface area contributed by atoms with Gasteiger partial charge in [0.1, 0.15) is 23.8 Å². The van der Waals surface area contributed by atoms with Crippen molar-refractivity contribution >= 4 is 11.6 Å². The van der Waals surface area contributed by atoms with Gasteiger partial charge < -0.3 is 14.8 Å². The molecule has 2 aromatic rings. The van der Waals surface area contributed by atoms with E-state index in [4.69, 9.17) is 4.98 Å². The zero-order valence-corrected chi connectivity index (χ0v) is 14.4. The number of hydrogen-bond acceptors (Lipinski definition) is 6. The summed E-state index contributed by atoms with van der Waals surface area (Å²) in [6, 6.07) is 1.95. The van der Waals surface area contributed by atoms with E-state index in [2.05, 4.69) is 30.9 Å². The molecule has 7 heteroatoms. The average molecular weight is 327 g/mol. The standard InChI is InChI=1S/C17H25N7/c1-22(2)16-7-15(19-12-20-16)18-8-14-10-24-6-5-23(9-13-3-4-13)11-17(24)21-14/h7,10,12-13H,3-6,8-9,11H2,1-2H3,(H,18,19,20). The van der Waals surface area contributed by atoms with Crippen LogP contribution in [-0.2, 0) is 19.6 Å². The largest absolute Gasteiger partial charge is 0.364 e. The highest BCUT2D eigenvalue weighted by Crippen LogP contribution is 2.30. The monoisotopic (exact) mass is 327 g/mol. The number of nitrogens with one attached hydrogen (secondary N) is 1. The zero-order valence-electron chi connectivity index (χ0n) is 14.4. The van der Waals surface area contributed by atoms with Gasteiger partial charge in [-0.25, -0.2) is 15.0 Å². The minimum Gasteiger partial charge on any atom is -0.364 e. The van der Waals surface area contributed by atoms with Gasteiger partial charge in [-0.1, -0.05) is 0 Å². The first-order valence-electron chi connectivity index (χ1n) is 8.68. The summed E-state index contributed by atoms with van der Waals surface area (Å²) >= 11 is 0. The van der Waals surface area contributed by atoms with Crippen molar-refractivity contribution in [3.63, 3.8) is 0 Å². The molecule has 1 N–H and O–H groups in total. The van der Waals surface area contributed by atoms with E-state index in [1.807, 2.05) is 25.1 Å². The molecular formula is C17H25N7. The van der Waals surface area contributed by atoms with Crippen molar-refractivity contribution in [1.82, 2.24) is 24.4 Å². The van der Waals surface area contributed by atoms with Crippen LogP contribution in [0.25, 0.3) is 0 Å². The van der Waals surface area contributed by atoms with Crippen LogP contribution in [0.2, 0.25) is 0 Å². The molecule has 128 valence electrons. The number of imidazole rings is 1. The summed E-state index contributed by atoms with van der Waals surface area (Å²) in [5.74, 6) is 3.86. The van der Waals surface area contributed by atoms with E-state index in [9.17, 15) is 0 Å². The van der Waals surface area contributed by atoms with E-state index in [-0.39, 0.29) is 0 Å². The Morgan fingerprint density at radius 1 is 1.25 bits per heavy atom. The molecule has 0 radical (unpaired) electrons. The van der Waals surface area contributed by atoms with Crippen LogP contribution in [-0.4, -0.2) is 51.6 Å². The van der Waals surface area contributed by atoms with Crippen molar-refractivity contribution in [3.8, 4) is 0 Å². The van der Waals surface area contributed by atoms with Crippen LogP contribution in [0, 0.1) is 5.92 Å². The summed E-state index contributed by atoms with van der Waals surface area (Å²) in [6.45, 7) is 5.11. The molecule has 0 saturated heterocycles. The number of aromatic nitrogens is 4. The van der Waals surface area contributed by atoms with Gasteiger partial charge in [0, 0.05) is 46.0 Å². The second kappa shape index (κ2) is 6.39. The minimum absolute atomic E-state index is 0.687. The lowest BCUT2D eigenvalue weighted by Gasteiger charge is -2.27. The molecule has 4 rings (SSSR count). The Morgan fingerprint density at radius 2 is 2.12 bits per heavy atom. The number of anilines is 2. The third kappa shape index (κ3) is 3.51. The minimum atomic E-state index is 0.687. The molecule has 7 nitrogen and oxygen atoms in total. The summed E-state index contributed by atoms with van der Waals surface area (Å²) in [6.07, 6.45) is 6.58. The molecule has 0 aromatic carbocycles. The molecule has 0 amide bonds. The lowest BCUT2D eigenvalue weighted by atomic mass is 10.3. The van der Waals surface area contributed by atoms with Crippen LogP contribution < -0.4 is 10.2 Å². The lowest BCUT2D eigenvalue weighted by molar-refractivity contribution is 0.209. The van der Waals surface area contributed by atoms with Gasteiger partial charge in [0.15, 0.2) is 0 Å². The van der Waals surface area contributed by atoms with Crippen molar-refractivity contribution < 1.29 is 0 Å². The number of rotatable bonds is 6. The summed E-state index contributed by atoms with van der Waals surface area (Å²) < 4.78 is 2.30. The van der Waals surface area contributed by atoms with Gasteiger partial charge in [-0.2, -0.15) is 0 Å². The predicted octanol–water partition coefficient (Wildman–Crippen LogP) is 1.58. The van der Waals surface area contributed by atoms with Crippen molar-refractivity contribution in [2.75, 3.05) is 37.4 Å². The van der Waals surface area contributed by atoms with Crippen molar-refractivity contribution in [3.05, 3.63) is 30.1 Å². The second-order valence-electron chi connectivity index (χ2n) is 7.03. The van der Waals surface area contributed by atoms with E-state index in [0.717, 1.165) is 42.9 Å². The maximum atomic E-state index is 4.81. The van der Waals surface area contributed by atoms with Crippen LogP contribution in [0.5, 0.6) is 0 Å². The number of nitrogens with zero attached hydrogens (tertiary/aromatic N) is 6. The van der Waals surface area contributed by atoms with Crippen LogP contribution >= 0.6 is 0 Å². The molecule has 1 fully saturated rings. The predicted molar refractivity (Wildman–Crippen MR) is 93.9 cm³/mol. The Hall–Kier alpha value is -2.15. The lowest BCUT2D eigenvalue weighted by Crippen LogP contribution is -2.34. The van der Waals surface area contributed by atoms with Crippen LogP contribution in [0.15, 0.2) is 18.6 Å². The molecule has 1 aliphatic carbocycles. The van der Waals surface area contributed by atoms with Gasteiger partial charge in [0.05, 0.1) is 18.8 Å². The molecular weight excluding hydrogens is 302 g/mol. The Labute approximate surface area is 142 Å². The van der Waals surface area contributed by atoms with Gasteiger partial charge in [0.25, 0.3) is 0 Å². The van der Waals surface area contributed by atoms with Crippen molar-refractivity contribution in [2.45, 2.75) is 32.5 Å². The normalized spacial score (nSPS) is 17.6. The second-order valence-corrected chi connectivity index (χ2v) is 7.03. The van der Waals surface area contributed by atoms with E-state index in [1.54, 1.807) is 6.33 Å². The third-order valence-corrected chi connectivity index (χ3v) is 4.71. The Kier molecular flexibility index (Phi) is 4.10. The number of fused-ring (bicyclic) bond motifs is 1. The summed E-state index contributed by atoms with van der Waals surface area (Å²) in [5, 5.41) is 3.35. The molecule has 1 aliphatic heterocycles. The first-order valence-corrected chi connectivity index (χ1v) is 8.68. The quantitative estimate of drug-likeness (QED) is 0.869. The Morgan fingerprint density at radius 3 is 2.92 bits per heavy atom. The summed E-state index contributed by atoms with van der Waals surface area (Å²) in [7, 11) is 3.95. The molecule has 0 unspecified atom stereocenters. The molecule has 1 saturated carbocycles. The van der Waals surface area contributed by atoms with Crippen LogP contribution in [0.3, 0.4) is 0 Å². The highest BCUT2D eigenvalue weighted by atomic mass is 15.2. The van der Waals surface area contributed by atoms with Gasteiger partial charge in [-0.15, -0.1) is 0 Å². The maximum Gasteiger partial charge on any atom is 0.133 e. The Bertz CT molecular complexity index is 705. The first-order chi connectivity index (χ1) is 11.7. The summed E-state index contributed by atoms with van der Waals surface area (Å²) in [4.78, 5) is 17.8. The van der Waals surface area contributed by atoms with Crippen molar-refractivity contribution in [1.29, 1.82) is 0 Å². The SMILES string of the molecule is CN(C)c1cc(NCc2cn3c(n2)CN(CC2CC2)CC3)ncn1. The fourth-order valence-corrected chi connectivity index (χ4v) is 3.14. The van der Waals surface area contributed by atoms with Gasteiger partial charge in [-0.3, -0.25) is 4.90 Å². The molecule has 0 atom stereocenters. The van der Waals surface area contributed by atoms with E-state index < -0.39 is 0 Å². The first kappa shape index (κ1) is 15.4. The van der Waals surface area contributed by atoms with Crippen molar-refractivity contribution in [2.24, 2.45) is 5.92 Å². The van der Waals surface area contributed by atoms with Gasteiger partial charge in [-0.05, 0) is 18.8 Å². The average Bonchev–Trinajstić information content (AvgIpc) is 3.30. The van der Waals surface area contributed by atoms with E-state index in [1.165, 1.54) is 25.2 Å². The molecule has 2 aliphatic rings. The molecule has 24 heavy (non-hydrogen) atoms. The fourth-order valence-electron chi connectivity index (χ4n) is 3.14. The molecule has 0 bridgehead atoms. The van der Waals surface area contributed by atoms with E-state index >= 15 is 0 Å². The maximum absolute atomic E-state index is 4.81. The van der Waals surface area contributed by atoms with E-state index in [0.29, 0.717) is 6.54 Å². The molecule has 2 aromatic heterocycles. The summed E-state index contributed by atoms with van der Waals surface area (Å²) in [5.41, 5.74) is 1.07. The van der Waals surface area contributed by atoms with Gasteiger partial charge >= 0.3 is 0 Å². The number of hydrogen-bond donors (Lipinski definition) is 1.